The maximum Gasteiger partial charge on any atom is 0.352 e. The largest absolute Gasteiger partial charge is 0.361 e. The summed E-state index contributed by atoms with van der Waals surface area (Å²) in [4.78, 5) is 27.9. The minimum atomic E-state index is -0.415. The topological polar surface area (TPSA) is 118 Å². The molecule has 2 N–H and O–H groups in total. The second-order valence-electron chi connectivity index (χ2n) is 4.80. The van der Waals surface area contributed by atoms with Crippen LogP contribution in [0.1, 0.15) is 16.1 Å². The summed E-state index contributed by atoms with van der Waals surface area (Å²) in [6, 6.07) is 8.77. The Hall–Kier alpha value is -2.63. The van der Waals surface area contributed by atoms with Gasteiger partial charge in [-0.1, -0.05) is 35.5 Å². The van der Waals surface area contributed by atoms with Crippen LogP contribution in [0.25, 0.3) is 5.65 Å². The number of amidine groups is 1. The molecule has 0 spiro atoms. The monoisotopic (exact) mass is 439 g/mol. The molecule has 0 unspecified atom stereocenters. The average molecular weight is 439 g/mol. The molecule has 10 heteroatoms. The summed E-state index contributed by atoms with van der Waals surface area (Å²) in [5, 5.41) is 18.2. The molecule has 0 bridgehead atoms. The number of hydrogen-bond donors (Lipinski definition) is 2. The number of nitrogens with zero attached hydrogens (tertiary/aromatic N) is 5. The maximum atomic E-state index is 12.0. The third-order valence-electron chi connectivity index (χ3n) is 3.26. The molecule has 0 saturated heterocycles. The fourth-order valence-corrected chi connectivity index (χ4v) is 2.04. The number of aryl methyl sites for hydroxylation is 1. The minimum absolute atomic E-state index is 0. The van der Waals surface area contributed by atoms with Crippen LogP contribution in [0.5, 0.6) is 0 Å². The molecule has 3 rings (SSSR count). The summed E-state index contributed by atoms with van der Waals surface area (Å²) in [6.07, 6.45) is 1.27. The predicted molar refractivity (Wildman–Crippen MR) is 97.0 cm³/mol. The van der Waals surface area contributed by atoms with Gasteiger partial charge < -0.3 is 5.32 Å². The van der Waals surface area contributed by atoms with E-state index in [9.17, 15) is 9.59 Å². The predicted octanol–water partition coefficient (Wildman–Crippen LogP) is 0.239. The van der Waals surface area contributed by atoms with Gasteiger partial charge >= 0.3 is 5.69 Å². The number of nitrogens with one attached hydrogen (secondary N) is 2. The number of aromatic nitrogens is 5. The quantitative estimate of drug-likeness (QED) is 0.260. The van der Waals surface area contributed by atoms with Gasteiger partial charge in [-0.15, -0.1) is 29.1 Å². The molecule has 3 aromatic rings. The number of carbonyl (C=O) groups excluding carboxylic acids is 1. The van der Waals surface area contributed by atoms with Crippen molar-refractivity contribution in [3.63, 3.8) is 0 Å². The summed E-state index contributed by atoms with van der Waals surface area (Å²) >= 11 is 0. The van der Waals surface area contributed by atoms with E-state index >= 15 is 0 Å². The number of halogens is 1. The van der Waals surface area contributed by atoms with E-state index in [1.54, 1.807) is 24.3 Å². The molecule has 1 aromatic carbocycles. The molecule has 0 saturated carbocycles. The van der Waals surface area contributed by atoms with Crippen molar-refractivity contribution in [3.8, 4) is 0 Å². The Morgan fingerprint density at radius 3 is 2.71 bits per heavy atom. The summed E-state index contributed by atoms with van der Waals surface area (Å²) in [6.45, 7) is -0.0554. The number of carbonyl (C=O) groups is 1. The van der Waals surface area contributed by atoms with Gasteiger partial charge in [-0.2, -0.15) is 4.68 Å². The van der Waals surface area contributed by atoms with Crippen LogP contribution in [0.3, 0.4) is 0 Å². The van der Waals surface area contributed by atoms with Crippen molar-refractivity contribution in [2.45, 2.75) is 0 Å². The van der Waals surface area contributed by atoms with Gasteiger partial charge in [0.05, 0.1) is 6.54 Å². The third kappa shape index (κ3) is 3.32. The van der Waals surface area contributed by atoms with Crippen molar-refractivity contribution in [1.29, 1.82) is 5.41 Å². The van der Waals surface area contributed by atoms with Crippen LogP contribution in [0.15, 0.2) is 41.5 Å². The Morgan fingerprint density at radius 2 is 2.00 bits per heavy atom. The van der Waals surface area contributed by atoms with Gasteiger partial charge in [0.25, 0.3) is 0 Å². The van der Waals surface area contributed by atoms with Crippen LogP contribution in [-0.4, -0.2) is 42.5 Å². The summed E-state index contributed by atoms with van der Waals surface area (Å²) < 4.78 is 2.26. The molecule has 0 amide bonds. The zero-order chi connectivity index (χ0) is 16.4. The van der Waals surface area contributed by atoms with Crippen LogP contribution in [0.4, 0.5) is 0 Å². The van der Waals surface area contributed by atoms with Gasteiger partial charge in [0.2, 0.25) is 0 Å². The Morgan fingerprint density at radius 1 is 1.29 bits per heavy atom. The first-order valence-corrected chi connectivity index (χ1v) is 6.76. The van der Waals surface area contributed by atoms with Crippen LogP contribution < -0.4 is 11.0 Å². The van der Waals surface area contributed by atoms with E-state index in [1.807, 2.05) is 6.07 Å². The molecule has 0 aliphatic rings. The van der Waals surface area contributed by atoms with Gasteiger partial charge in [-0.3, -0.25) is 10.2 Å². The molecule has 2 heterocycles. The third-order valence-corrected chi connectivity index (χ3v) is 3.26. The van der Waals surface area contributed by atoms with Crippen molar-refractivity contribution >= 4 is 41.2 Å². The van der Waals surface area contributed by atoms with E-state index in [0.717, 1.165) is 4.68 Å². The van der Waals surface area contributed by atoms with Crippen molar-refractivity contribution in [3.05, 3.63) is 58.4 Å². The van der Waals surface area contributed by atoms with Gasteiger partial charge in [-0.05, 0) is 0 Å². The van der Waals surface area contributed by atoms with Crippen molar-refractivity contribution in [1.82, 2.24) is 29.7 Å². The van der Waals surface area contributed by atoms with E-state index in [0.29, 0.717) is 5.56 Å². The van der Waals surface area contributed by atoms with Crippen LogP contribution in [-0.2, 0) is 7.05 Å². The average Bonchev–Trinajstić information content (AvgIpc) is 3.01. The minimum Gasteiger partial charge on any atom is -0.361 e. The standard InChI is InChI=1S/C14H13N7O2.HI/c1-20-14(23)21-8-17-11(13(21)18-19-20)12(15)16-7-10(22)9-5-3-2-4-6-9;/h2-6,8H,7H2,1H3,(H2,15,16);1H. The summed E-state index contributed by atoms with van der Waals surface area (Å²) in [5.74, 6) is -0.250. The number of imidazole rings is 1. The molecule has 0 fully saturated rings. The van der Waals surface area contributed by atoms with Gasteiger partial charge in [-0.25, -0.2) is 14.2 Å². The first kappa shape index (κ1) is 17.7. The highest BCUT2D eigenvalue weighted by molar-refractivity contribution is 14.0. The first-order chi connectivity index (χ1) is 11.1. The van der Waals surface area contributed by atoms with Crippen LogP contribution >= 0.6 is 24.0 Å². The first-order valence-electron chi connectivity index (χ1n) is 6.76. The summed E-state index contributed by atoms with van der Waals surface area (Å²) in [5.41, 5.74) is 0.465. The van der Waals surface area contributed by atoms with Crippen LogP contribution in [0, 0.1) is 5.41 Å². The Kier molecular flexibility index (Phi) is 5.39. The van der Waals surface area contributed by atoms with Crippen molar-refractivity contribution in [2.75, 3.05) is 6.54 Å². The molecule has 0 atom stereocenters. The maximum absolute atomic E-state index is 12.0. The fourth-order valence-electron chi connectivity index (χ4n) is 2.04. The normalized spacial score (nSPS) is 10.2. The molecule has 124 valence electrons. The summed E-state index contributed by atoms with van der Waals surface area (Å²) in [7, 11) is 1.47. The van der Waals surface area contributed by atoms with E-state index in [4.69, 9.17) is 5.41 Å². The number of ketones is 1. The second-order valence-corrected chi connectivity index (χ2v) is 4.80. The van der Waals surface area contributed by atoms with Gasteiger partial charge in [0.1, 0.15) is 12.2 Å². The molecule has 24 heavy (non-hydrogen) atoms. The van der Waals surface area contributed by atoms with E-state index < -0.39 is 5.69 Å². The van der Waals surface area contributed by atoms with E-state index in [-0.39, 0.29) is 53.5 Å². The Bertz CT molecular complexity index is 949. The van der Waals surface area contributed by atoms with Crippen LogP contribution in [0.2, 0.25) is 0 Å². The van der Waals surface area contributed by atoms with E-state index in [1.165, 1.54) is 17.8 Å². The zero-order valence-corrected chi connectivity index (χ0v) is 15.0. The lowest BCUT2D eigenvalue weighted by Crippen LogP contribution is -2.31. The second kappa shape index (κ2) is 7.29. The number of fused-ring (bicyclic) bond motifs is 1. The lowest BCUT2D eigenvalue weighted by molar-refractivity contribution is 0.0996. The smallest absolute Gasteiger partial charge is 0.352 e. The molecule has 0 radical (unpaired) electrons. The van der Waals surface area contributed by atoms with Gasteiger partial charge in [0, 0.05) is 12.6 Å². The number of Topliss-reactive ketones (excluding diaryl/α,β-unsaturated/α-hetero) is 1. The highest BCUT2D eigenvalue weighted by Gasteiger charge is 2.15. The highest BCUT2D eigenvalue weighted by Crippen LogP contribution is 2.03. The van der Waals surface area contributed by atoms with Crippen molar-refractivity contribution in [2.24, 2.45) is 7.05 Å². The lowest BCUT2D eigenvalue weighted by atomic mass is 10.1. The molecular weight excluding hydrogens is 425 g/mol. The Balaban J connectivity index is 0.00000208. The molecule has 9 nitrogen and oxygen atoms in total. The van der Waals surface area contributed by atoms with E-state index in [2.05, 4.69) is 20.6 Å². The number of rotatable bonds is 4. The van der Waals surface area contributed by atoms with Crippen molar-refractivity contribution < 1.29 is 4.79 Å². The molecule has 2 aromatic heterocycles. The molecule has 0 aliphatic heterocycles. The fraction of sp³-hybridized carbons (Fsp3) is 0.143. The molecule has 0 aliphatic carbocycles. The molecular formula is C14H14IN7O2. The number of hydrogen-bond acceptors (Lipinski definition) is 6. The highest BCUT2D eigenvalue weighted by atomic mass is 127. The SMILES string of the molecule is Cn1nnc2c(C(=N)NCC(=O)c3ccccc3)ncn2c1=O.I. The Labute approximate surface area is 153 Å². The number of benzene rings is 1. The zero-order valence-electron chi connectivity index (χ0n) is 12.6. The lowest BCUT2D eigenvalue weighted by Gasteiger charge is -2.05. The van der Waals surface area contributed by atoms with Gasteiger partial charge in [0.15, 0.2) is 17.1 Å².